The van der Waals surface area contributed by atoms with Crippen molar-refractivity contribution in [2.45, 2.75) is 50.5 Å². The quantitative estimate of drug-likeness (QED) is 0.775. The summed E-state index contributed by atoms with van der Waals surface area (Å²) in [7, 11) is 1.87. The minimum atomic E-state index is -0.501. The number of piperidine rings is 1. The number of carbonyl (C=O) groups is 2. The lowest BCUT2D eigenvalue weighted by Crippen LogP contribution is -2.47. The molecule has 168 valence electrons. The first-order chi connectivity index (χ1) is 15.6. The predicted molar refractivity (Wildman–Crippen MR) is 127 cm³/mol. The fraction of sp³-hybridized carbons (Fsp3) is 0.481. The minimum absolute atomic E-state index is 0.0154. The first-order valence-electron chi connectivity index (χ1n) is 12.0. The van der Waals surface area contributed by atoms with Crippen LogP contribution in [0.15, 0.2) is 48.5 Å². The maximum absolute atomic E-state index is 13.4. The smallest absolute Gasteiger partial charge is 0.251 e. The molecule has 2 heterocycles. The zero-order valence-corrected chi connectivity index (χ0v) is 19.0. The zero-order chi connectivity index (χ0) is 22.1. The Morgan fingerprint density at radius 2 is 1.78 bits per heavy atom. The zero-order valence-electron chi connectivity index (χ0n) is 19.0. The van der Waals surface area contributed by atoms with Crippen molar-refractivity contribution in [2.75, 3.05) is 31.6 Å². The summed E-state index contributed by atoms with van der Waals surface area (Å²) in [6.07, 6.45) is 6.57. The number of nitrogens with zero attached hydrogens (tertiary/aromatic N) is 2. The Morgan fingerprint density at radius 3 is 2.50 bits per heavy atom. The van der Waals surface area contributed by atoms with Crippen LogP contribution in [0.1, 0.15) is 60.0 Å². The monoisotopic (exact) mass is 431 g/mol. The first-order valence-corrected chi connectivity index (χ1v) is 12.0. The summed E-state index contributed by atoms with van der Waals surface area (Å²) >= 11 is 0. The predicted octanol–water partition coefficient (Wildman–Crippen LogP) is 4.12. The van der Waals surface area contributed by atoms with Gasteiger partial charge in [0.25, 0.3) is 5.91 Å². The molecule has 5 nitrogen and oxygen atoms in total. The second-order valence-electron chi connectivity index (χ2n) is 9.80. The lowest BCUT2D eigenvalue weighted by atomic mass is 9.73. The SMILES string of the molecule is CN1C(=O)C2(CCN(Cc3ccccc3)CC2)c2cc(C(=O)NCC3CCCC3)ccc21. The van der Waals surface area contributed by atoms with E-state index in [9.17, 15) is 9.59 Å². The van der Waals surface area contributed by atoms with Crippen LogP contribution in [-0.2, 0) is 16.8 Å². The van der Waals surface area contributed by atoms with E-state index in [0.717, 1.165) is 50.3 Å². The van der Waals surface area contributed by atoms with Gasteiger partial charge in [0.05, 0.1) is 5.41 Å². The molecular weight excluding hydrogens is 398 g/mol. The number of carbonyl (C=O) groups excluding carboxylic acids is 2. The van der Waals surface area contributed by atoms with E-state index in [0.29, 0.717) is 11.5 Å². The minimum Gasteiger partial charge on any atom is -0.352 e. The standard InChI is InChI=1S/C27H33N3O2/c1-29-24-12-11-22(25(31)28-18-20-7-5-6-8-20)17-23(24)27(26(29)32)13-15-30(16-14-27)19-21-9-3-2-4-10-21/h2-4,9-12,17,20H,5-8,13-16,18-19H2,1H3,(H,28,31). The van der Waals surface area contributed by atoms with Crippen molar-refractivity contribution < 1.29 is 9.59 Å². The molecule has 1 aliphatic carbocycles. The van der Waals surface area contributed by atoms with Gasteiger partial charge < -0.3 is 10.2 Å². The van der Waals surface area contributed by atoms with Crippen LogP contribution in [-0.4, -0.2) is 43.4 Å². The Labute approximate surface area is 190 Å². The Bertz CT molecular complexity index is 989. The largest absolute Gasteiger partial charge is 0.352 e. The third-order valence-electron chi connectivity index (χ3n) is 7.83. The van der Waals surface area contributed by atoms with Crippen LogP contribution in [0.5, 0.6) is 0 Å². The number of likely N-dealkylation sites (tertiary alicyclic amines) is 1. The highest BCUT2D eigenvalue weighted by atomic mass is 16.2. The van der Waals surface area contributed by atoms with Gasteiger partial charge in [-0.3, -0.25) is 14.5 Å². The molecule has 0 bridgehead atoms. The van der Waals surface area contributed by atoms with Gasteiger partial charge in [0, 0.05) is 31.4 Å². The second-order valence-corrected chi connectivity index (χ2v) is 9.80. The van der Waals surface area contributed by atoms with Gasteiger partial charge in [-0.1, -0.05) is 43.2 Å². The number of rotatable bonds is 5. The Hall–Kier alpha value is -2.66. The Morgan fingerprint density at radius 1 is 1.06 bits per heavy atom. The van der Waals surface area contributed by atoms with Gasteiger partial charge in [0.2, 0.25) is 5.91 Å². The molecule has 0 radical (unpaired) electrons. The molecule has 0 aromatic heterocycles. The van der Waals surface area contributed by atoms with Gasteiger partial charge >= 0.3 is 0 Å². The molecule has 2 amide bonds. The van der Waals surface area contributed by atoms with Crippen LogP contribution < -0.4 is 10.2 Å². The lowest BCUT2D eigenvalue weighted by Gasteiger charge is -2.38. The topological polar surface area (TPSA) is 52.7 Å². The molecule has 0 unspecified atom stereocenters. The number of likely N-dealkylation sites (N-methyl/N-ethyl adjacent to an activating group) is 1. The van der Waals surface area contributed by atoms with E-state index in [-0.39, 0.29) is 11.8 Å². The molecule has 2 aliphatic heterocycles. The first kappa shape index (κ1) is 21.2. The number of nitrogens with one attached hydrogen (secondary N) is 1. The van der Waals surface area contributed by atoms with Crippen molar-refractivity contribution in [1.29, 1.82) is 0 Å². The molecule has 1 saturated carbocycles. The summed E-state index contributed by atoms with van der Waals surface area (Å²) < 4.78 is 0. The maximum atomic E-state index is 13.4. The highest BCUT2D eigenvalue weighted by Crippen LogP contribution is 2.47. The Balaban J connectivity index is 1.32. The molecule has 1 N–H and O–H groups in total. The summed E-state index contributed by atoms with van der Waals surface area (Å²) in [6, 6.07) is 16.3. The molecule has 0 atom stereocenters. The van der Waals surface area contributed by atoms with E-state index in [1.165, 1.54) is 31.2 Å². The van der Waals surface area contributed by atoms with Crippen molar-refractivity contribution in [3.05, 3.63) is 65.2 Å². The molecular formula is C27H33N3O2. The van der Waals surface area contributed by atoms with Crippen molar-refractivity contribution >= 4 is 17.5 Å². The molecule has 2 aromatic rings. The fourth-order valence-electron chi connectivity index (χ4n) is 5.87. The van der Waals surface area contributed by atoms with Crippen LogP contribution in [0.25, 0.3) is 0 Å². The van der Waals surface area contributed by atoms with Gasteiger partial charge in [-0.05, 0) is 74.0 Å². The molecule has 5 rings (SSSR count). The van der Waals surface area contributed by atoms with Crippen molar-refractivity contribution in [3.63, 3.8) is 0 Å². The summed E-state index contributed by atoms with van der Waals surface area (Å²) in [4.78, 5) is 30.5. The molecule has 2 aromatic carbocycles. The summed E-state index contributed by atoms with van der Waals surface area (Å²) in [5.41, 5.74) is 3.48. The van der Waals surface area contributed by atoms with E-state index in [1.54, 1.807) is 4.90 Å². The number of anilines is 1. The van der Waals surface area contributed by atoms with Crippen molar-refractivity contribution in [1.82, 2.24) is 10.2 Å². The van der Waals surface area contributed by atoms with Crippen LogP contribution in [0, 0.1) is 5.92 Å². The van der Waals surface area contributed by atoms with Gasteiger partial charge in [-0.25, -0.2) is 0 Å². The van der Waals surface area contributed by atoms with E-state index in [4.69, 9.17) is 0 Å². The van der Waals surface area contributed by atoms with E-state index < -0.39 is 5.41 Å². The van der Waals surface area contributed by atoms with Crippen LogP contribution in [0.2, 0.25) is 0 Å². The lowest BCUT2D eigenvalue weighted by molar-refractivity contribution is -0.124. The van der Waals surface area contributed by atoms with Crippen LogP contribution >= 0.6 is 0 Å². The summed E-state index contributed by atoms with van der Waals surface area (Å²) in [5.74, 6) is 0.773. The van der Waals surface area contributed by atoms with E-state index >= 15 is 0 Å². The highest BCUT2D eigenvalue weighted by Gasteiger charge is 2.51. The average molecular weight is 432 g/mol. The number of hydrogen-bond donors (Lipinski definition) is 1. The van der Waals surface area contributed by atoms with Gasteiger partial charge in [0.15, 0.2) is 0 Å². The normalized spacial score (nSPS) is 20.7. The maximum Gasteiger partial charge on any atom is 0.251 e. The molecule has 1 saturated heterocycles. The Kier molecular flexibility index (Phi) is 5.76. The molecule has 32 heavy (non-hydrogen) atoms. The molecule has 5 heteroatoms. The number of benzene rings is 2. The number of hydrogen-bond acceptors (Lipinski definition) is 3. The van der Waals surface area contributed by atoms with Gasteiger partial charge in [-0.2, -0.15) is 0 Å². The van der Waals surface area contributed by atoms with Gasteiger partial charge in [0.1, 0.15) is 0 Å². The van der Waals surface area contributed by atoms with Gasteiger partial charge in [-0.15, -0.1) is 0 Å². The number of fused-ring (bicyclic) bond motifs is 2. The number of amides is 2. The van der Waals surface area contributed by atoms with E-state index in [2.05, 4.69) is 34.5 Å². The van der Waals surface area contributed by atoms with Crippen LogP contribution in [0.3, 0.4) is 0 Å². The molecule has 2 fully saturated rings. The molecule has 1 spiro atoms. The second kappa shape index (κ2) is 8.70. The van der Waals surface area contributed by atoms with E-state index in [1.807, 2.05) is 31.3 Å². The summed E-state index contributed by atoms with van der Waals surface area (Å²) in [5, 5.41) is 3.13. The average Bonchev–Trinajstić information content (AvgIpc) is 3.42. The summed E-state index contributed by atoms with van der Waals surface area (Å²) in [6.45, 7) is 3.43. The van der Waals surface area contributed by atoms with Crippen molar-refractivity contribution in [2.24, 2.45) is 5.92 Å². The fourth-order valence-corrected chi connectivity index (χ4v) is 5.87. The van der Waals surface area contributed by atoms with Crippen molar-refractivity contribution in [3.8, 4) is 0 Å². The third-order valence-corrected chi connectivity index (χ3v) is 7.83. The molecule has 3 aliphatic rings. The third kappa shape index (κ3) is 3.83. The highest BCUT2D eigenvalue weighted by molar-refractivity contribution is 6.09. The van der Waals surface area contributed by atoms with Crippen LogP contribution in [0.4, 0.5) is 5.69 Å².